The smallest absolute Gasteiger partial charge is 0.265 e. The van der Waals surface area contributed by atoms with Crippen LogP contribution in [-0.4, -0.2) is 24.5 Å². The number of halogens is 1. The van der Waals surface area contributed by atoms with Crippen LogP contribution in [0.1, 0.15) is 19.8 Å². The number of nitrogens with one attached hydrogen (secondary N) is 1. The summed E-state index contributed by atoms with van der Waals surface area (Å²) in [4.78, 5) is 26.2. The van der Waals surface area contributed by atoms with Gasteiger partial charge in [0.1, 0.15) is 5.75 Å². The van der Waals surface area contributed by atoms with Gasteiger partial charge in [0, 0.05) is 17.4 Å². The van der Waals surface area contributed by atoms with Crippen LogP contribution in [-0.2, 0) is 9.59 Å². The van der Waals surface area contributed by atoms with Gasteiger partial charge < -0.3 is 15.0 Å². The molecule has 1 heterocycles. The van der Waals surface area contributed by atoms with Crippen LogP contribution >= 0.6 is 15.9 Å². The van der Waals surface area contributed by atoms with E-state index >= 15 is 0 Å². The first-order valence-corrected chi connectivity index (χ1v) is 8.96. The van der Waals surface area contributed by atoms with Crippen molar-refractivity contribution < 1.29 is 14.3 Å². The lowest BCUT2D eigenvalue weighted by atomic mass is 10.2. The zero-order valence-electron chi connectivity index (χ0n) is 13.9. The van der Waals surface area contributed by atoms with Crippen molar-refractivity contribution in [2.75, 3.05) is 16.8 Å². The van der Waals surface area contributed by atoms with E-state index in [0.717, 1.165) is 16.6 Å². The molecule has 0 saturated carbocycles. The van der Waals surface area contributed by atoms with Crippen LogP contribution in [0.2, 0.25) is 0 Å². The van der Waals surface area contributed by atoms with Gasteiger partial charge in [-0.1, -0.05) is 28.1 Å². The van der Waals surface area contributed by atoms with E-state index in [0.29, 0.717) is 24.4 Å². The second kappa shape index (κ2) is 7.70. The monoisotopic (exact) mass is 402 g/mol. The minimum absolute atomic E-state index is 0.0841. The van der Waals surface area contributed by atoms with Crippen molar-refractivity contribution in [2.45, 2.75) is 25.9 Å². The Kier molecular flexibility index (Phi) is 5.38. The second-order valence-electron chi connectivity index (χ2n) is 5.87. The molecule has 5 nitrogen and oxygen atoms in total. The minimum Gasteiger partial charge on any atom is -0.481 e. The summed E-state index contributed by atoms with van der Waals surface area (Å²) < 4.78 is 6.62. The summed E-state index contributed by atoms with van der Waals surface area (Å²) in [6.45, 7) is 2.37. The lowest BCUT2D eigenvalue weighted by molar-refractivity contribution is -0.122. The predicted molar refractivity (Wildman–Crippen MR) is 101 cm³/mol. The highest BCUT2D eigenvalue weighted by Crippen LogP contribution is 2.29. The molecule has 25 heavy (non-hydrogen) atoms. The van der Waals surface area contributed by atoms with Crippen LogP contribution in [0, 0.1) is 0 Å². The van der Waals surface area contributed by atoms with Gasteiger partial charge >= 0.3 is 0 Å². The maximum absolute atomic E-state index is 12.5. The van der Waals surface area contributed by atoms with Crippen molar-refractivity contribution in [2.24, 2.45) is 0 Å². The normalized spacial score (nSPS) is 15.1. The van der Waals surface area contributed by atoms with E-state index in [9.17, 15) is 9.59 Å². The average molecular weight is 403 g/mol. The average Bonchev–Trinajstić information content (AvgIpc) is 3.03. The molecule has 2 aromatic rings. The van der Waals surface area contributed by atoms with E-state index in [1.807, 2.05) is 30.3 Å². The minimum atomic E-state index is -0.663. The highest BCUT2D eigenvalue weighted by molar-refractivity contribution is 9.10. The SMILES string of the molecule is C[C@@H](Oc1ccc(Br)cc1)C(=O)Nc1ccccc1N1CCCC1=O. The van der Waals surface area contributed by atoms with Gasteiger partial charge in [-0.15, -0.1) is 0 Å². The molecular formula is C19H19BrN2O3. The zero-order valence-corrected chi connectivity index (χ0v) is 15.5. The Balaban J connectivity index is 1.70. The van der Waals surface area contributed by atoms with E-state index < -0.39 is 6.10 Å². The van der Waals surface area contributed by atoms with E-state index in [-0.39, 0.29) is 11.8 Å². The number of nitrogens with zero attached hydrogens (tertiary/aromatic N) is 1. The Bertz CT molecular complexity index is 776. The molecule has 1 aliphatic rings. The summed E-state index contributed by atoms with van der Waals surface area (Å²) >= 11 is 3.36. The van der Waals surface area contributed by atoms with Crippen LogP contribution < -0.4 is 15.0 Å². The maximum Gasteiger partial charge on any atom is 0.265 e. The quantitative estimate of drug-likeness (QED) is 0.822. The van der Waals surface area contributed by atoms with Crippen molar-refractivity contribution in [3.05, 3.63) is 53.0 Å². The molecule has 130 valence electrons. The van der Waals surface area contributed by atoms with Crippen LogP contribution in [0.5, 0.6) is 5.75 Å². The third kappa shape index (κ3) is 4.20. The number of rotatable bonds is 5. The number of ether oxygens (including phenoxy) is 1. The standard InChI is InChI=1S/C19H19BrN2O3/c1-13(25-15-10-8-14(20)9-11-15)19(24)21-16-5-2-3-6-17(16)22-12-4-7-18(22)23/h2-3,5-6,8-11,13H,4,7,12H2,1H3,(H,21,24)/t13-/m1/s1. The van der Waals surface area contributed by atoms with Crippen molar-refractivity contribution in [3.63, 3.8) is 0 Å². The summed E-state index contributed by atoms with van der Waals surface area (Å²) in [5.41, 5.74) is 1.35. The molecule has 1 fully saturated rings. The van der Waals surface area contributed by atoms with Gasteiger partial charge in [-0.05, 0) is 49.7 Å². The van der Waals surface area contributed by atoms with Gasteiger partial charge in [-0.3, -0.25) is 9.59 Å². The summed E-state index contributed by atoms with van der Waals surface area (Å²) in [5, 5.41) is 2.87. The molecule has 2 amide bonds. The van der Waals surface area contributed by atoms with E-state index in [2.05, 4.69) is 21.2 Å². The maximum atomic E-state index is 12.5. The Morgan fingerprint density at radius 2 is 1.92 bits per heavy atom. The Morgan fingerprint density at radius 1 is 1.20 bits per heavy atom. The zero-order chi connectivity index (χ0) is 17.8. The number of anilines is 2. The first kappa shape index (κ1) is 17.5. The summed E-state index contributed by atoms with van der Waals surface area (Å²) in [6.07, 6.45) is 0.721. The number of amides is 2. The van der Waals surface area contributed by atoms with Gasteiger partial charge in [0.15, 0.2) is 6.10 Å². The van der Waals surface area contributed by atoms with Crippen molar-refractivity contribution in [1.82, 2.24) is 0 Å². The number of para-hydroxylation sites is 2. The van der Waals surface area contributed by atoms with Crippen LogP contribution in [0.3, 0.4) is 0 Å². The predicted octanol–water partition coefficient (Wildman–Crippen LogP) is 3.98. The van der Waals surface area contributed by atoms with Gasteiger partial charge in [-0.2, -0.15) is 0 Å². The Labute approximate surface area is 155 Å². The third-order valence-corrected chi connectivity index (χ3v) is 4.55. The molecular weight excluding hydrogens is 384 g/mol. The van der Waals surface area contributed by atoms with Gasteiger partial charge in [0.2, 0.25) is 5.91 Å². The molecule has 0 radical (unpaired) electrons. The number of benzene rings is 2. The fraction of sp³-hybridized carbons (Fsp3) is 0.263. The van der Waals surface area contributed by atoms with Crippen molar-refractivity contribution in [3.8, 4) is 5.75 Å². The fourth-order valence-corrected chi connectivity index (χ4v) is 2.99. The van der Waals surface area contributed by atoms with Crippen molar-refractivity contribution >= 4 is 39.1 Å². The molecule has 1 saturated heterocycles. The molecule has 2 aromatic carbocycles. The highest BCUT2D eigenvalue weighted by Gasteiger charge is 2.25. The number of carbonyl (C=O) groups is 2. The largest absolute Gasteiger partial charge is 0.481 e. The summed E-state index contributed by atoms with van der Waals surface area (Å²) in [5.74, 6) is 0.441. The molecule has 0 aromatic heterocycles. The van der Waals surface area contributed by atoms with E-state index in [1.54, 1.807) is 30.0 Å². The number of hydrogen-bond donors (Lipinski definition) is 1. The molecule has 0 bridgehead atoms. The molecule has 6 heteroatoms. The van der Waals surface area contributed by atoms with Crippen molar-refractivity contribution in [1.29, 1.82) is 0 Å². The van der Waals surface area contributed by atoms with Gasteiger partial charge in [-0.25, -0.2) is 0 Å². The number of hydrogen-bond acceptors (Lipinski definition) is 3. The van der Waals surface area contributed by atoms with Gasteiger partial charge in [0.25, 0.3) is 5.91 Å². The number of carbonyl (C=O) groups excluding carboxylic acids is 2. The lowest BCUT2D eigenvalue weighted by Gasteiger charge is -2.21. The third-order valence-electron chi connectivity index (χ3n) is 4.02. The Hall–Kier alpha value is -2.34. The second-order valence-corrected chi connectivity index (χ2v) is 6.79. The Morgan fingerprint density at radius 3 is 2.60 bits per heavy atom. The molecule has 0 unspecified atom stereocenters. The van der Waals surface area contributed by atoms with Crippen LogP contribution in [0.15, 0.2) is 53.0 Å². The molecule has 0 spiro atoms. The lowest BCUT2D eigenvalue weighted by Crippen LogP contribution is -2.31. The van der Waals surface area contributed by atoms with E-state index in [4.69, 9.17) is 4.74 Å². The highest BCUT2D eigenvalue weighted by atomic mass is 79.9. The van der Waals surface area contributed by atoms with E-state index in [1.165, 1.54) is 0 Å². The summed E-state index contributed by atoms with van der Waals surface area (Å²) in [6, 6.07) is 14.6. The topological polar surface area (TPSA) is 58.6 Å². The van der Waals surface area contributed by atoms with Gasteiger partial charge in [0.05, 0.1) is 11.4 Å². The fourth-order valence-electron chi connectivity index (χ4n) is 2.72. The molecule has 1 atom stereocenters. The molecule has 1 aliphatic heterocycles. The molecule has 1 N–H and O–H groups in total. The molecule has 0 aliphatic carbocycles. The summed E-state index contributed by atoms with van der Waals surface area (Å²) in [7, 11) is 0. The van der Waals surface area contributed by atoms with Crippen LogP contribution in [0.4, 0.5) is 11.4 Å². The molecule has 3 rings (SSSR count). The first-order valence-electron chi connectivity index (χ1n) is 8.17. The first-order chi connectivity index (χ1) is 12.0. The van der Waals surface area contributed by atoms with Crippen LogP contribution in [0.25, 0.3) is 0 Å².